The molecule has 0 saturated carbocycles. The number of rotatable bonds is 5. The molecule has 0 atom stereocenters. The summed E-state index contributed by atoms with van der Waals surface area (Å²) in [7, 11) is 0. The maximum absolute atomic E-state index is 13.3. The molecule has 0 radical (unpaired) electrons. The third-order valence-electron chi connectivity index (χ3n) is 5.22. The van der Waals surface area contributed by atoms with Gasteiger partial charge in [0.15, 0.2) is 0 Å². The van der Waals surface area contributed by atoms with Crippen molar-refractivity contribution < 1.29 is 27.2 Å². The van der Waals surface area contributed by atoms with Gasteiger partial charge in [0.1, 0.15) is 11.5 Å². The van der Waals surface area contributed by atoms with Crippen LogP contribution in [0.4, 0.5) is 23.2 Å². The van der Waals surface area contributed by atoms with E-state index >= 15 is 0 Å². The molecule has 3 aromatic carbocycles. The van der Waals surface area contributed by atoms with Crippen LogP contribution in [0.1, 0.15) is 22.3 Å². The Hall–Kier alpha value is -3.94. The summed E-state index contributed by atoms with van der Waals surface area (Å²) in [4.78, 5) is 27.4. The number of nitrogens with zero attached hydrogens (tertiary/aromatic N) is 1. The van der Waals surface area contributed by atoms with Crippen LogP contribution in [0.2, 0.25) is 0 Å². The lowest BCUT2D eigenvalue weighted by atomic mass is 10.0. The zero-order valence-electron chi connectivity index (χ0n) is 17.4. The largest absolute Gasteiger partial charge is 0.416 e. The van der Waals surface area contributed by atoms with Crippen molar-refractivity contribution >= 4 is 23.1 Å². The minimum atomic E-state index is -4.56. The van der Waals surface area contributed by atoms with E-state index in [9.17, 15) is 27.2 Å². The van der Waals surface area contributed by atoms with Crippen molar-refractivity contribution in [2.45, 2.75) is 19.6 Å². The summed E-state index contributed by atoms with van der Waals surface area (Å²) in [5.41, 5.74) is 0.993. The van der Waals surface area contributed by atoms with E-state index in [4.69, 9.17) is 0 Å². The molecule has 2 amide bonds. The number of halogens is 4. The number of alkyl halides is 3. The standard InChI is InChI=1S/C25H18F4N2O2/c1-15-5-9-17(10-6-15)21-22(30-20-4-2-3-18(13-20)25(27,28)29)24(33)31(23(21)32)14-16-7-11-19(26)12-8-16/h2-13,30H,14H2,1H3. The maximum Gasteiger partial charge on any atom is 0.416 e. The molecule has 1 heterocycles. The summed E-state index contributed by atoms with van der Waals surface area (Å²) < 4.78 is 52.7. The van der Waals surface area contributed by atoms with Gasteiger partial charge in [-0.25, -0.2) is 4.39 Å². The van der Waals surface area contributed by atoms with Crippen molar-refractivity contribution in [3.05, 3.63) is 107 Å². The molecule has 1 N–H and O–H groups in total. The fourth-order valence-corrected chi connectivity index (χ4v) is 3.51. The Morgan fingerprint density at radius 3 is 2.18 bits per heavy atom. The number of nitrogens with one attached hydrogen (secondary N) is 1. The zero-order valence-corrected chi connectivity index (χ0v) is 17.4. The van der Waals surface area contributed by atoms with Gasteiger partial charge in [-0.1, -0.05) is 48.0 Å². The minimum absolute atomic E-state index is 0.0224. The number of anilines is 1. The highest BCUT2D eigenvalue weighted by atomic mass is 19.4. The first-order valence-electron chi connectivity index (χ1n) is 10.00. The average Bonchev–Trinajstić information content (AvgIpc) is 3.00. The van der Waals surface area contributed by atoms with Gasteiger partial charge < -0.3 is 5.32 Å². The first-order valence-corrected chi connectivity index (χ1v) is 10.00. The van der Waals surface area contributed by atoms with Crippen molar-refractivity contribution in [1.82, 2.24) is 4.90 Å². The summed E-state index contributed by atoms with van der Waals surface area (Å²) in [6, 6.07) is 16.6. The van der Waals surface area contributed by atoms with Crippen LogP contribution in [0.3, 0.4) is 0 Å². The third-order valence-corrected chi connectivity index (χ3v) is 5.22. The van der Waals surface area contributed by atoms with Gasteiger partial charge in [-0.05, 0) is 48.4 Å². The van der Waals surface area contributed by atoms with E-state index in [-0.39, 0.29) is 23.5 Å². The van der Waals surface area contributed by atoms with Crippen molar-refractivity contribution in [3.63, 3.8) is 0 Å². The van der Waals surface area contributed by atoms with Gasteiger partial charge in [0.05, 0.1) is 17.7 Å². The van der Waals surface area contributed by atoms with Gasteiger partial charge in [0.25, 0.3) is 11.8 Å². The fraction of sp³-hybridized carbons (Fsp3) is 0.120. The lowest BCUT2D eigenvalue weighted by Gasteiger charge is -2.16. The summed E-state index contributed by atoms with van der Waals surface area (Å²) in [5, 5.41) is 2.73. The number of imide groups is 1. The summed E-state index contributed by atoms with van der Waals surface area (Å²) >= 11 is 0. The molecule has 0 aliphatic carbocycles. The molecule has 8 heteroatoms. The average molecular weight is 454 g/mol. The molecule has 0 unspecified atom stereocenters. The second-order valence-corrected chi connectivity index (χ2v) is 7.64. The Bertz CT molecular complexity index is 1250. The Labute approximate surface area is 187 Å². The van der Waals surface area contributed by atoms with E-state index in [2.05, 4.69) is 5.32 Å². The Morgan fingerprint density at radius 2 is 1.55 bits per heavy atom. The molecule has 1 aliphatic heterocycles. The number of carbonyl (C=O) groups excluding carboxylic acids is 2. The highest BCUT2D eigenvalue weighted by molar-refractivity contribution is 6.36. The first-order chi connectivity index (χ1) is 15.6. The van der Waals surface area contributed by atoms with Crippen LogP contribution in [-0.4, -0.2) is 16.7 Å². The summed E-state index contributed by atoms with van der Waals surface area (Å²) in [6.07, 6.45) is -4.56. The van der Waals surface area contributed by atoms with Crippen LogP contribution in [0.5, 0.6) is 0 Å². The van der Waals surface area contributed by atoms with E-state index in [1.54, 1.807) is 24.3 Å². The van der Waals surface area contributed by atoms with Crippen molar-refractivity contribution in [2.75, 3.05) is 5.32 Å². The Balaban J connectivity index is 1.74. The van der Waals surface area contributed by atoms with Crippen molar-refractivity contribution in [1.29, 1.82) is 0 Å². The van der Waals surface area contributed by atoms with Gasteiger partial charge in [0.2, 0.25) is 0 Å². The number of amides is 2. The lowest BCUT2D eigenvalue weighted by Crippen LogP contribution is -2.32. The van der Waals surface area contributed by atoms with E-state index in [1.807, 2.05) is 6.92 Å². The van der Waals surface area contributed by atoms with Gasteiger partial charge in [-0.2, -0.15) is 13.2 Å². The van der Waals surface area contributed by atoms with E-state index < -0.39 is 29.4 Å². The predicted octanol–water partition coefficient (Wildman–Crippen LogP) is 5.55. The number of aryl methyl sites for hydroxylation is 1. The molecular formula is C25H18F4N2O2. The molecule has 1 aliphatic rings. The fourth-order valence-electron chi connectivity index (χ4n) is 3.51. The molecule has 0 bridgehead atoms. The Morgan fingerprint density at radius 1 is 0.879 bits per heavy atom. The number of hydrogen-bond acceptors (Lipinski definition) is 3. The zero-order chi connectivity index (χ0) is 23.8. The monoisotopic (exact) mass is 454 g/mol. The molecule has 3 aromatic rings. The predicted molar refractivity (Wildman–Crippen MR) is 115 cm³/mol. The first kappa shape index (κ1) is 22.3. The van der Waals surface area contributed by atoms with E-state index in [0.29, 0.717) is 11.1 Å². The summed E-state index contributed by atoms with van der Waals surface area (Å²) in [5.74, 6) is -1.73. The number of carbonyl (C=O) groups is 2. The van der Waals surface area contributed by atoms with Crippen LogP contribution in [0.15, 0.2) is 78.5 Å². The second-order valence-electron chi connectivity index (χ2n) is 7.64. The van der Waals surface area contributed by atoms with Crippen molar-refractivity contribution in [2.24, 2.45) is 0 Å². The molecule has 0 fully saturated rings. The van der Waals surface area contributed by atoms with Gasteiger partial charge >= 0.3 is 6.18 Å². The van der Waals surface area contributed by atoms with Gasteiger partial charge in [0, 0.05) is 5.69 Å². The molecule has 0 spiro atoms. The molecule has 0 aromatic heterocycles. The summed E-state index contributed by atoms with van der Waals surface area (Å²) in [6.45, 7) is 1.75. The number of hydrogen-bond donors (Lipinski definition) is 1. The normalized spacial score (nSPS) is 14.3. The molecule has 0 saturated heterocycles. The van der Waals surface area contributed by atoms with Crippen LogP contribution in [0, 0.1) is 12.7 Å². The topological polar surface area (TPSA) is 49.4 Å². The van der Waals surface area contributed by atoms with Crippen LogP contribution < -0.4 is 5.32 Å². The van der Waals surface area contributed by atoms with Crippen LogP contribution in [-0.2, 0) is 22.3 Å². The third kappa shape index (κ3) is 4.64. The highest BCUT2D eigenvalue weighted by Gasteiger charge is 2.39. The minimum Gasteiger partial charge on any atom is -0.350 e. The second kappa shape index (κ2) is 8.54. The van der Waals surface area contributed by atoms with E-state index in [1.165, 1.54) is 36.4 Å². The molecule has 168 valence electrons. The van der Waals surface area contributed by atoms with Gasteiger partial charge in [-0.15, -0.1) is 0 Å². The molecule has 4 rings (SSSR count). The molecular weight excluding hydrogens is 436 g/mol. The quantitative estimate of drug-likeness (QED) is 0.407. The smallest absolute Gasteiger partial charge is 0.350 e. The van der Waals surface area contributed by atoms with Crippen LogP contribution >= 0.6 is 0 Å². The maximum atomic E-state index is 13.3. The number of benzene rings is 3. The SMILES string of the molecule is Cc1ccc(C2=C(Nc3cccc(C(F)(F)F)c3)C(=O)N(Cc3ccc(F)cc3)C2=O)cc1. The lowest BCUT2D eigenvalue weighted by molar-refractivity contribution is -0.138. The van der Waals surface area contributed by atoms with Gasteiger partial charge in [-0.3, -0.25) is 14.5 Å². The molecule has 4 nitrogen and oxygen atoms in total. The van der Waals surface area contributed by atoms with Crippen molar-refractivity contribution in [3.8, 4) is 0 Å². The van der Waals surface area contributed by atoms with E-state index in [0.717, 1.165) is 22.6 Å². The van der Waals surface area contributed by atoms with Crippen LogP contribution in [0.25, 0.3) is 5.57 Å². The highest BCUT2D eigenvalue weighted by Crippen LogP contribution is 2.34. The molecule has 33 heavy (non-hydrogen) atoms. The Kier molecular flexibility index (Phi) is 5.76.